The molecule has 3 heteroatoms. The zero-order valence-electron chi connectivity index (χ0n) is 7.03. The molecule has 64 valence electrons. The maximum atomic E-state index is 11.3. The first kappa shape index (κ1) is 7.55. The van der Waals surface area contributed by atoms with E-state index in [0.29, 0.717) is 0 Å². The second-order valence-corrected chi connectivity index (χ2v) is 3.15. The minimum absolute atomic E-state index is 0.328. The second kappa shape index (κ2) is 1.98. The van der Waals surface area contributed by atoms with Gasteiger partial charge in [-0.3, -0.25) is 0 Å². The Morgan fingerprint density at radius 2 is 2.08 bits per heavy atom. The van der Waals surface area contributed by atoms with Crippen LogP contribution in [0, 0.1) is 0 Å². The molecule has 0 aromatic carbocycles. The van der Waals surface area contributed by atoms with Gasteiger partial charge in [-0.25, -0.2) is 4.79 Å². The van der Waals surface area contributed by atoms with Gasteiger partial charge in [0.25, 0.3) is 0 Å². The van der Waals surface area contributed by atoms with Gasteiger partial charge in [0.1, 0.15) is 5.60 Å². The average molecular weight is 166 g/mol. The Morgan fingerprint density at radius 3 is 2.67 bits per heavy atom. The molecule has 2 rings (SSSR count). The van der Waals surface area contributed by atoms with E-state index in [-0.39, 0.29) is 5.97 Å². The van der Waals surface area contributed by atoms with Gasteiger partial charge in [0.05, 0.1) is 7.11 Å². The van der Waals surface area contributed by atoms with Crippen LogP contribution in [-0.4, -0.2) is 24.3 Å². The van der Waals surface area contributed by atoms with Gasteiger partial charge >= 0.3 is 5.97 Å². The van der Waals surface area contributed by atoms with Crippen LogP contribution in [0.5, 0.6) is 0 Å². The lowest BCUT2D eigenvalue weighted by molar-refractivity contribution is -0.145. The molecule has 2 aliphatic rings. The van der Waals surface area contributed by atoms with Crippen molar-refractivity contribution >= 4 is 5.97 Å². The van der Waals surface area contributed by atoms with E-state index in [9.17, 15) is 4.79 Å². The molecule has 1 aliphatic heterocycles. The third-order valence-electron chi connectivity index (χ3n) is 2.41. The van der Waals surface area contributed by atoms with E-state index in [0.717, 1.165) is 0 Å². The number of allylic oxidation sites excluding steroid dienone is 2. The molecule has 0 radical (unpaired) electrons. The van der Waals surface area contributed by atoms with Crippen LogP contribution in [0.25, 0.3) is 0 Å². The van der Waals surface area contributed by atoms with Gasteiger partial charge in [-0.1, -0.05) is 12.2 Å². The molecule has 0 bridgehead atoms. The smallest absolute Gasteiger partial charge is 0.345 e. The summed E-state index contributed by atoms with van der Waals surface area (Å²) in [5.74, 6) is -0.328. The number of epoxide rings is 1. The lowest BCUT2D eigenvalue weighted by Crippen LogP contribution is -2.31. The van der Waals surface area contributed by atoms with E-state index in [1.54, 1.807) is 12.2 Å². The predicted molar refractivity (Wildman–Crippen MR) is 42.5 cm³/mol. The zero-order chi connectivity index (χ0) is 8.82. The molecular formula is C9H10O3. The quantitative estimate of drug-likeness (QED) is 0.427. The van der Waals surface area contributed by atoms with Gasteiger partial charge in [0.15, 0.2) is 0 Å². The lowest BCUT2D eigenvalue weighted by Gasteiger charge is -2.09. The summed E-state index contributed by atoms with van der Waals surface area (Å²) in [5.41, 5.74) is -1.31. The van der Waals surface area contributed by atoms with Gasteiger partial charge in [0, 0.05) is 0 Å². The Morgan fingerprint density at radius 1 is 1.42 bits per heavy atom. The largest absolute Gasteiger partial charge is 0.467 e. The maximum absolute atomic E-state index is 11.3. The molecule has 0 saturated carbocycles. The van der Waals surface area contributed by atoms with Crippen molar-refractivity contribution in [1.29, 1.82) is 0 Å². The van der Waals surface area contributed by atoms with Crippen LogP contribution >= 0.6 is 0 Å². The molecular weight excluding hydrogens is 156 g/mol. The van der Waals surface area contributed by atoms with Crippen LogP contribution in [0.3, 0.4) is 0 Å². The van der Waals surface area contributed by atoms with Gasteiger partial charge in [0.2, 0.25) is 5.60 Å². The van der Waals surface area contributed by atoms with Crippen molar-refractivity contribution in [1.82, 2.24) is 0 Å². The fraction of sp³-hybridized carbons (Fsp3) is 0.444. The predicted octanol–water partition coefficient (Wildman–Crippen LogP) is 0.813. The van der Waals surface area contributed by atoms with Crippen molar-refractivity contribution in [3.63, 3.8) is 0 Å². The Balaban J connectivity index is 2.32. The van der Waals surface area contributed by atoms with E-state index >= 15 is 0 Å². The molecule has 0 N–H and O–H groups in total. The molecule has 0 aromatic heterocycles. The summed E-state index contributed by atoms with van der Waals surface area (Å²) in [6.07, 6.45) is 7.27. The highest BCUT2D eigenvalue weighted by Gasteiger charge is 2.70. The van der Waals surface area contributed by atoms with Crippen molar-refractivity contribution in [2.24, 2.45) is 0 Å². The number of ether oxygens (including phenoxy) is 2. The SMILES string of the molecule is COC(=O)C12C=CC=CC1(C)O2. The van der Waals surface area contributed by atoms with Crippen molar-refractivity contribution in [3.05, 3.63) is 24.3 Å². The van der Waals surface area contributed by atoms with Crippen molar-refractivity contribution in [2.45, 2.75) is 18.1 Å². The molecule has 3 nitrogen and oxygen atoms in total. The number of carbonyl (C=O) groups is 1. The zero-order valence-corrected chi connectivity index (χ0v) is 7.03. The number of methoxy groups -OCH3 is 1. The summed E-state index contributed by atoms with van der Waals surface area (Å²) in [4.78, 5) is 11.3. The van der Waals surface area contributed by atoms with Crippen molar-refractivity contribution in [3.8, 4) is 0 Å². The van der Waals surface area contributed by atoms with E-state index in [2.05, 4.69) is 4.74 Å². The summed E-state index contributed by atoms with van der Waals surface area (Å²) in [6.45, 7) is 1.86. The minimum Gasteiger partial charge on any atom is -0.467 e. The third-order valence-corrected chi connectivity index (χ3v) is 2.41. The maximum Gasteiger partial charge on any atom is 0.345 e. The third kappa shape index (κ3) is 0.667. The number of carbonyl (C=O) groups excluding carboxylic acids is 1. The average Bonchev–Trinajstić information content (AvgIpc) is 2.71. The molecule has 1 aliphatic carbocycles. The summed E-state index contributed by atoms with van der Waals surface area (Å²) in [6, 6.07) is 0. The molecule has 0 spiro atoms. The normalized spacial score (nSPS) is 42.2. The van der Waals surface area contributed by atoms with Crippen LogP contribution in [0.15, 0.2) is 24.3 Å². The van der Waals surface area contributed by atoms with Crippen LogP contribution < -0.4 is 0 Å². The van der Waals surface area contributed by atoms with Gasteiger partial charge in [-0.2, -0.15) is 0 Å². The highest BCUT2D eigenvalue weighted by molar-refractivity contribution is 5.88. The van der Waals surface area contributed by atoms with Gasteiger partial charge < -0.3 is 9.47 Å². The Kier molecular flexibility index (Phi) is 1.25. The molecule has 0 amide bonds. The monoisotopic (exact) mass is 166 g/mol. The van der Waals surface area contributed by atoms with Crippen LogP contribution in [0.1, 0.15) is 6.92 Å². The molecule has 2 atom stereocenters. The Hall–Kier alpha value is -1.09. The van der Waals surface area contributed by atoms with E-state index in [4.69, 9.17) is 4.74 Å². The fourth-order valence-corrected chi connectivity index (χ4v) is 1.56. The summed E-state index contributed by atoms with van der Waals surface area (Å²) in [5, 5.41) is 0. The first-order chi connectivity index (χ1) is 5.65. The Bertz CT molecular complexity index is 292. The number of rotatable bonds is 1. The molecule has 1 saturated heterocycles. The number of esters is 1. The fourth-order valence-electron chi connectivity index (χ4n) is 1.56. The molecule has 0 aromatic rings. The van der Waals surface area contributed by atoms with Crippen LogP contribution in [0.2, 0.25) is 0 Å². The highest BCUT2D eigenvalue weighted by Crippen LogP contribution is 2.52. The summed E-state index contributed by atoms with van der Waals surface area (Å²) < 4.78 is 10.0. The molecule has 1 fully saturated rings. The van der Waals surface area contributed by atoms with Crippen LogP contribution in [0.4, 0.5) is 0 Å². The van der Waals surface area contributed by atoms with Gasteiger partial charge in [-0.15, -0.1) is 0 Å². The summed E-state index contributed by atoms with van der Waals surface area (Å²) >= 11 is 0. The molecule has 2 unspecified atom stereocenters. The first-order valence-corrected chi connectivity index (χ1v) is 3.80. The number of fused-ring (bicyclic) bond motifs is 1. The standard InChI is InChI=1S/C9H10O3/c1-8-5-3-4-6-9(8,12-8)7(10)11-2/h3-6H,1-2H3. The first-order valence-electron chi connectivity index (χ1n) is 3.80. The topological polar surface area (TPSA) is 38.8 Å². The summed E-state index contributed by atoms with van der Waals surface area (Å²) in [7, 11) is 1.37. The lowest BCUT2D eigenvalue weighted by atomic mass is 9.90. The van der Waals surface area contributed by atoms with E-state index < -0.39 is 11.2 Å². The number of hydrogen-bond donors (Lipinski definition) is 0. The van der Waals surface area contributed by atoms with Gasteiger partial charge in [-0.05, 0) is 19.1 Å². The molecule has 12 heavy (non-hydrogen) atoms. The van der Waals surface area contributed by atoms with E-state index in [1.807, 2.05) is 19.1 Å². The Labute approximate surface area is 70.7 Å². The van der Waals surface area contributed by atoms with Crippen molar-refractivity contribution < 1.29 is 14.3 Å². The second-order valence-electron chi connectivity index (χ2n) is 3.15. The number of hydrogen-bond acceptors (Lipinski definition) is 3. The van der Waals surface area contributed by atoms with Crippen molar-refractivity contribution in [2.75, 3.05) is 7.11 Å². The van der Waals surface area contributed by atoms with E-state index in [1.165, 1.54) is 7.11 Å². The van der Waals surface area contributed by atoms with Crippen LogP contribution in [-0.2, 0) is 14.3 Å². The highest BCUT2D eigenvalue weighted by atomic mass is 16.7. The minimum atomic E-state index is -0.837. The molecule has 1 heterocycles.